The van der Waals surface area contributed by atoms with E-state index in [0.29, 0.717) is 11.2 Å². The van der Waals surface area contributed by atoms with E-state index >= 15 is 0 Å². The first kappa shape index (κ1) is 12.6. The fourth-order valence-electron chi connectivity index (χ4n) is 2.66. The van der Waals surface area contributed by atoms with Crippen LogP contribution < -0.4 is 10.9 Å². The minimum Gasteiger partial charge on any atom is -0.377 e. The van der Waals surface area contributed by atoms with Gasteiger partial charge in [-0.2, -0.15) is 0 Å². The second kappa shape index (κ2) is 4.92. The van der Waals surface area contributed by atoms with Gasteiger partial charge in [-0.1, -0.05) is 12.8 Å². The Hall–Kier alpha value is -2.44. The molecule has 1 aromatic carbocycles. The summed E-state index contributed by atoms with van der Waals surface area (Å²) >= 11 is 0. The molecule has 2 N–H and O–H groups in total. The maximum atomic E-state index is 11.7. The lowest BCUT2D eigenvalue weighted by Gasteiger charge is -2.13. The molecule has 0 atom stereocenters. The Labute approximate surface area is 114 Å². The molecule has 0 spiro atoms. The molecule has 1 heterocycles. The number of nitrogens with zero attached hydrogens (tertiary/aromatic N) is 2. The summed E-state index contributed by atoms with van der Waals surface area (Å²) < 4.78 is 0. The van der Waals surface area contributed by atoms with Crippen molar-refractivity contribution in [1.82, 2.24) is 9.97 Å². The molecular formula is C13H14N4O3. The monoisotopic (exact) mass is 274 g/mol. The minimum absolute atomic E-state index is 0.0806. The SMILES string of the molecule is O=c1[nH]cnc2cc(NC3CCCC3)c([N+](=O)[O-])cc12. The Morgan fingerprint density at radius 1 is 1.35 bits per heavy atom. The number of hydrogen-bond donors (Lipinski definition) is 2. The normalized spacial score (nSPS) is 15.6. The summed E-state index contributed by atoms with van der Waals surface area (Å²) in [5.74, 6) is 0. The first-order chi connectivity index (χ1) is 9.65. The predicted octanol–water partition coefficient (Wildman–Crippen LogP) is 2.19. The van der Waals surface area contributed by atoms with Crippen molar-refractivity contribution in [3.63, 3.8) is 0 Å². The quantitative estimate of drug-likeness (QED) is 0.660. The van der Waals surface area contributed by atoms with Gasteiger partial charge in [0.05, 0.1) is 22.2 Å². The van der Waals surface area contributed by atoms with Crippen LogP contribution in [0.2, 0.25) is 0 Å². The number of H-pyrrole nitrogens is 1. The van der Waals surface area contributed by atoms with Crippen LogP contribution in [0.3, 0.4) is 0 Å². The Morgan fingerprint density at radius 2 is 2.10 bits per heavy atom. The summed E-state index contributed by atoms with van der Waals surface area (Å²) in [6.07, 6.45) is 5.60. The molecule has 20 heavy (non-hydrogen) atoms. The Morgan fingerprint density at radius 3 is 2.80 bits per heavy atom. The molecule has 0 saturated heterocycles. The molecule has 1 aliphatic carbocycles. The summed E-state index contributed by atoms with van der Waals surface area (Å²) in [6.45, 7) is 0. The van der Waals surface area contributed by atoms with Crippen molar-refractivity contribution in [3.05, 3.63) is 38.9 Å². The van der Waals surface area contributed by atoms with Gasteiger partial charge >= 0.3 is 0 Å². The molecule has 1 saturated carbocycles. The largest absolute Gasteiger partial charge is 0.377 e. The molecule has 0 radical (unpaired) electrons. The zero-order chi connectivity index (χ0) is 14.1. The summed E-state index contributed by atoms with van der Waals surface area (Å²) in [5.41, 5.74) is 0.445. The van der Waals surface area contributed by atoms with Crippen LogP contribution in [0.25, 0.3) is 10.9 Å². The van der Waals surface area contributed by atoms with Crippen LogP contribution in [0, 0.1) is 10.1 Å². The molecule has 7 heteroatoms. The lowest BCUT2D eigenvalue weighted by molar-refractivity contribution is -0.383. The van der Waals surface area contributed by atoms with Gasteiger partial charge in [-0.05, 0) is 18.9 Å². The van der Waals surface area contributed by atoms with Gasteiger partial charge in [0.15, 0.2) is 0 Å². The van der Waals surface area contributed by atoms with Crippen molar-refractivity contribution in [2.45, 2.75) is 31.7 Å². The van der Waals surface area contributed by atoms with Crippen molar-refractivity contribution in [3.8, 4) is 0 Å². The number of anilines is 1. The summed E-state index contributed by atoms with van der Waals surface area (Å²) in [4.78, 5) is 28.9. The van der Waals surface area contributed by atoms with Gasteiger partial charge in [-0.25, -0.2) is 4.98 Å². The van der Waals surface area contributed by atoms with Crippen molar-refractivity contribution >= 4 is 22.3 Å². The van der Waals surface area contributed by atoms with Gasteiger partial charge in [0, 0.05) is 12.1 Å². The molecule has 1 fully saturated rings. The van der Waals surface area contributed by atoms with E-state index in [4.69, 9.17) is 0 Å². The van der Waals surface area contributed by atoms with E-state index in [1.54, 1.807) is 6.07 Å². The van der Waals surface area contributed by atoms with Gasteiger partial charge in [0.25, 0.3) is 11.2 Å². The maximum Gasteiger partial charge on any atom is 0.293 e. The van der Waals surface area contributed by atoms with Crippen molar-refractivity contribution in [1.29, 1.82) is 0 Å². The third kappa shape index (κ3) is 2.22. The van der Waals surface area contributed by atoms with E-state index in [9.17, 15) is 14.9 Å². The van der Waals surface area contributed by atoms with Crippen LogP contribution in [0.4, 0.5) is 11.4 Å². The Kier molecular flexibility index (Phi) is 3.09. The van der Waals surface area contributed by atoms with E-state index in [2.05, 4.69) is 15.3 Å². The zero-order valence-corrected chi connectivity index (χ0v) is 10.8. The summed E-state index contributed by atoms with van der Waals surface area (Å²) in [5, 5.41) is 14.6. The van der Waals surface area contributed by atoms with E-state index in [1.165, 1.54) is 12.4 Å². The number of aromatic amines is 1. The fraction of sp³-hybridized carbons (Fsp3) is 0.385. The van der Waals surface area contributed by atoms with Crippen molar-refractivity contribution in [2.75, 3.05) is 5.32 Å². The number of nitro groups is 1. The highest BCUT2D eigenvalue weighted by Crippen LogP contribution is 2.31. The fourth-order valence-corrected chi connectivity index (χ4v) is 2.66. The second-order valence-corrected chi connectivity index (χ2v) is 5.00. The third-order valence-electron chi connectivity index (χ3n) is 3.67. The van der Waals surface area contributed by atoms with Crippen LogP contribution >= 0.6 is 0 Å². The average Bonchev–Trinajstić information content (AvgIpc) is 2.91. The molecule has 0 aliphatic heterocycles. The predicted molar refractivity (Wildman–Crippen MR) is 74.9 cm³/mol. The van der Waals surface area contributed by atoms with Crippen LogP contribution in [0.5, 0.6) is 0 Å². The van der Waals surface area contributed by atoms with E-state index in [-0.39, 0.29) is 22.7 Å². The van der Waals surface area contributed by atoms with Crippen LogP contribution in [-0.2, 0) is 0 Å². The Bertz CT molecular complexity index is 719. The van der Waals surface area contributed by atoms with E-state index in [0.717, 1.165) is 25.7 Å². The third-order valence-corrected chi connectivity index (χ3v) is 3.67. The molecule has 1 aromatic heterocycles. The number of aromatic nitrogens is 2. The van der Waals surface area contributed by atoms with Gasteiger partial charge in [0.2, 0.25) is 0 Å². The van der Waals surface area contributed by atoms with Gasteiger partial charge in [-0.15, -0.1) is 0 Å². The molecule has 104 valence electrons. The second-order valence-electron chi connectivity index (χ2n) is 5.00. The minimum atomic E-state index is -0.469. The van der Waals surface area contributed by atoms with Gasteiger partial charge in [-0.3, -0.25) is 14.9 Å². The molecule has 7 nitrogen and oxygen atoms in total. The molecule has 0 amide bonds. The summed E-state index contributed by atoms with van der Waals surface area (Å²) in [6, 6.07) is 3.13. The maximum absolute atomic E-state index is 11.7. The smallest absolute Gasteiger partial charge is 0.293 e. The van der Waals surface area contributed by atoms with Crippen LogP contribution in [-0.4, -0.2) is 20.9 Å². The van der Waals surface area contributed by atoms with Crippen molar-refractivity contribution in [2.24, 2.45) is 0 Å². The molecular weight excluding hydrogens is 260 g/mol. The highest BCUT2D eigenvalue weighted by molar-refractivity contribution is 5.86. The van der Waals surface area contributed by atoms with Crippen molar-refractivity contribution < 1.29 is 4.92 Å². The number of hydrogen-bond acceptors (Lipinski definition) is 5. The number of benzene rings is 1. The van der Waals surface area contributed by atoms with E-state index in [1.807, 2.05) is 0 Å². The van der Waals surface area contributed by atoms with Gasteiger partial charge in [0.1, 0.15) is 5.69 Å². The number of fused-ring (bicyclic) bond motifs is 1. The molecule has 1 aliphatic rings. The highest BCUT2D eigenvalue weighted by atomic mass is 16.6. The molecule has 0 unspecified atom stereocenters. The average molecular weight is 274 g/mol. The zero-order valence-electron chi connectivity index (χ0n) is 10.8. The lowest BCUT2D eigenvalue weighted by Crippen LogP contribution is -2.16. The molecule has 3 rings (SSSR count). The number of nitrogens with one attached hydrogen (secondary N) is 2. The number of nitro benzene ring substituents is 1. The van der Waals surface area contributed by atoms with E-state index < -0.39 is 4.92 Å². The summed E-state index contributed by atoms with van der Waals surface area (Å²) in [7, 11) is 0. The topological polar surface area (TPSA) is 101 Å². The molecule has 2 aromatic rings. The van der Waals surface area contributed by atoms with Gasteiger partial charge < -0.3 is 10.3 Å². The standard InChI is InChI=1S/C13H14N4O3/c18-13-9-5-12(17(19)20)11(6-10(9)14-7-15-13)16-8-3-1-2-4-8/h5-8,16H,1-4H2,(H,14,15,18). The first-order valence-electron chi connectivity index (χ1n) is 6.57. The molecule has 0 bridgehead atoms. The lowest BCUT2D eigenvalue weighted by atomic mass is 10.1. The Balaban J connectivity index is 2.11. The first-order valence-corrected chi connectivity index (χ1v) is 6.57. The highest BCUT2D eigenvalue weighted by Gasteiger charge is 2.21. The van der Waals surface area contributed by atoms with Crippen LogP contribution in [0.1, 0.15) is 25.7 Å². The number of rotatable bonds is 3. The van der Waals surface area contributed by atoms with Crippen LogP contribution in [0.15, 0.2) is 23.3 Å².